The molecule has 3 heteroatoms. The predicted molar refractivity (Wildman–Crippen MR) is 65.7 cm³/mol. The Morgan fingerprint density at radius 2 is 2.00 bits per heavy atom. The molecule has 0 heterocycles. The van der Waals surface area contributed by atoms with Gasteiger partial charge in [0.2, 0.25) is 0 Å². The lowest BCUT2D eigenvalue weighted by Crippen LogP contribution is -2.01. The molecule has 2 nitrogen and oxygen atoms in total. The van der Waals surface area contributed by atoms with Gasteiger partial charge in [-0.2, -0.15) is 0 Å². The van der Waals surface area contributed by atoms with Crippen molar-refractivity contribution in [1.29, 1.82) is 0 Å². The number of aryl methyl sites for hydroxylation is 2. The lowest BCUT2D eigenvalue weighted by atomic mass is 9.92. The van der Waals surface area contributed by atoms with Crippen LogP contribution in [0, 0.1) is 0 Å². The van der Waals surface area contributed by atoms with Crippen molar-refractivity contribution in [3.05, 3.63) is 40.8 Å². The van der Waals surface area contributed by atoms with Crippen molar-refractivity contribution in [2.75, 3.05) is 0 Å². The predicted octanol–water partition coefficient (Wildman–Crippen LogP) is 3.26. The second-order valence-electron chi connectivity index (χ2n) is 3.90. The van der Waals surface area contributed by atoms with E-state index in [0.717, 1.165) is 11.3 Å². The molecular formula is C13H14O2S. The highest BCUT2D eigenvalue weighted by atomic mass is 32.2. The molecule has 0 aliphatic heterocycles. The third kappa shape index (κ3) is 2.89. The lowest BCUT2D eigenvalue weighted by molar-refractivity contribution is -0.131. The van der Waals surface area contributed by atoms with E-state index in [1.54, 1.807) is 5.41 Å². The van der Waals surface area contributed by atoms with E-state index in [4.69, 9.17) is 5.11 Å². The van der Waals surface area contributed by atoms with E-state index in [2.05, 4.69) is 18.2 Å². The molecule has 16 heavy (non-hydrogen) atoms. The number of thioether (sulfide) groups is 1. The van der Waals surface area contributed by atoms with E-state index in [0.29, 0.717) is 0 Å². The zero-order valence-electron chi connectivity index (χ0n) is 8.98. The first-order valence-electron chi connectivity index (χ1n) is 5.43. The maximum atomic E-state index is 10.3. The Kier molecular flexibility index (Phi) is 3.67. The van der Waals surface area contributed by atoms with Gasteiger partial charge in [0.1, 0.15) is 0 Å². The van der Waals surface area contributed by atoms with Crippen molar-refractivity contribution < 1.29 is 9.90 Å². The maximum Gasteiger partial charge on any atom is 0.328 e. The van der Waals surface area contributed by atoms with Crippen LogP contribution >= 0.6 is 11.8 Å². The first-order valence-corrected chi connectivity index (χ1v) is 6.31. The minimum absolute atomic E-state index is 0.898. The van der Waals surface area contributed by atoms with Crippen LogP contribution < -0.4 is 0 Å². The summed E-state index contributed by atoms with van der Waals surface area (Å²) in [5.74, 6) is -0.898. The van der Waals surface area contributed by atoms with Crippen molar-refractivity contribution in [3.8, 4) is 0 Å². The molecular weight excluding hydrogens is 220 g/mol. The zero-order chi connectivity index (χ0) is 11.4. The SMILES string of the molecule is O=C(O)/C=C/Sc1ccc2c(c1)CCCC2. The number of fused-ring (bicyclic) bond motifs is 1. The molecule has 0 radical (unpaired) electrons. The molecule has 0 spiro atoms. The summed E-state index contributed by atoms with van der Waals surface area (Å²) in [6, 6.07) is 6.43. The average molecular weight is 234 g/mol. The molecule has 2 rings (SSSR count). The van der Waals surface area contributed by atoms with Crippen molar-refractivity contribution in [2.45, 2.75) is 30.6 Å². The number of benzene rings is 1. The van der Waals surface area contributed by atoms with E-state index in [1.165, 1.54) is 48.2 Å². The van der Waals surface area contributed by atoms with Gasteiger partial charge >= 0.3 is 5.97 Å². The summed E-state index contributed by atoms with van der Waals surface area (Å²) in [5.41, 5.74) is 2.89. The number of carboxylic acids is 1. The van der Waals surface area contributed by atoms with Crippen molar-refractivity contribution >= 4 is 17.7 Å². The molecule has 1 aliphatic carbocycles. The third-order valence-corrected chi connectivity index (χ3v) is 3.53. The molecule has 1 aromatic rings. The van der Waals surface area contributed by atoms with Gasteiger partial charge in [-0.1, -0.05) is 17.8 Å². The van der Waals surface area contributed by atoms with Crippen LogP contribution in [0.25, 0.3) is 0 Å². The van der Waals surface area contributed by atoms with Crippen LogP contribution in [0.2, 0.25) is 0 Å². The van der Waals surface area contributed by atoms with Gasteiger partial charge in [-0.3, -0.25) is 0 Å². The zero-order valence-corrected chi connectivity index (χ0v) is 9.80. The van der Waals surface area contributed by atoms with Crippen LogP contribution in [-0.4, -0.2) is 11.1 Å². The van der Waals surface area contributed by atoms with E-state index in [9.17, 15) is 4.79 Å². The molecule has 0 fully saturated rings. The summed E-state index contributed by atoms with van der Waals surface area (Å²) < 4.78 is 0. The topological polar surface area (TPSA) is 37.3 Å². The molecule has 0 aromatic heterocycles. The molecule has 1 aliphatic rings. The van der Waals surface area contributed by atoms with Gasteiger partial charge in [0.05, 0.1) is 0 Å². The first kappa shape index (κ1) is 11.3. The largest absolute Gasteiger partial charge is 0.478 e. The molecule has 0 unspecified atom stereocenters. The van der Waals surface area contributed by atoms with Gasteiger partial charge in [-0.25, -0.2) is 4.79 Å². The average Bonchev–Trinajstić information content (AvgIpc) is 2.28. The van der Waals surface area contributed by atoms with E-state index in [-0.39, 0.29) is 0 Å². The summed E-state index contributed by atoms with van der Waals surface area (Å²) in [6.45, 7) is 0. The standard InChI is InChI=1S/C13H14O2S/c14-13(15)7-8-16-12-6-5-10-3-1-2-4-11(10)9-12/h5-9H,1-4H2,(H,14,15)/b8-7+. The number of hydrogen-bond acceptors (Lipinski definition) is 2. The smallest absolute Gasteiger partial charge is 0.328 e. The highest BCUT2D eigenvalue weighted by molar-refractivity contribution is 8.02. The Bertz CT molecular complexity index is 424. The fourth-order valence-corrected chi connectivity index (χ4v) is 2.65. The summed E-state index contributed by atoms with van der Waals surface area (Å²) in [5, 5.41) is 10.1. The van der Waals surface area contributed by atoms with Crippen molar-refractivity contribution in [2.24, 2.45) is 0 Å². The number of carboxylic acid groups (broad SMARTS) is 1. The molecule has 1 N–H and O–H groups in total. The highest BCUT2D eigenvalue weighted by Crippen LogP contribution is 2.27. The Balaban J connectivity index is 2.08. The first-order chi connectivity index (χ1) is 7.75. The quantitative estimate of drug-likeness (QED) is 0.644. The minimum atomic E-state index is -0.898. The van der Waals surface area contributed by atoms with Gasteiger partial charge in [0, 0.05) is 11.0 Å². The molecule has 0 bridgehead atoms. The van der Waals surface area contributed by atoms with Crippen LogP contribution in [0.4, 0.5) is 0 Å². The molecule has 0 saturated carbocycles. The van der Waals surface area contributed by atoms with E-state index >= 15 is 0 Å². The van der Waals surface area contributed by atoms with Gasteiger partial charge in [0.15, 0.2) is 0 Å². The Morgan fingerprint density at radius 3 is 2.75 bits per heavy atom. The molecule has 1 aromatic carbocycles. The van der Waals surface area contributed by atoms with E-state index < -0.39 is 5.97 Å². The van der Waals surface area contributed by atoms with Gasteiger partial charge in [0.25, 0.3) is 0 Å². The summed E-state index contributed by atoms with van der Waals surface area (Å²) in [7, 11) is 0. The van der Waals surface area contributed by atoms with Gasteiger partial charge < -0.3 is 5.11 Å². The molecule has 0 atom stereocenters. The molecule has 0 amide bonds. The Labute approximate surface area is 99.4 Å². The lowest BCUT2D eigenvalue weighted by Gasteiger charge is -2.15. The summed E-state index contributed by atoms with van der Waals surface area (Å²) >= 11 is 1.46. The number of hydrogen-bond donors (Lipinski definition) is 1. The monoisotopic (exact) mass is 234 g/mol. The number of rotatable bonds is 3. The third-order valence-electron chi connectivity index (χ3n) is 2.73. The number of carbonyl (C=O) groups is 1. The summed E-state index contributed by atoms with van der Waals surface area (Å²) in [6.07, 6.45) is 6.08. The van der Waals surface area contributed by atoms with Gasteiger partial charge in [-0.15, -0.1) is 0 Å². The van der Waals surface area contributed by atoms with Crippen molar-refractivity contribution in [1.82, 2.24) is 0 Å². The fourth-order valence-electron chi connectivity index (χ4n) is 1.95. The van der Waals surface area contributed by atoms with Crippen LogP contribution in [0.1, 0.15) is 24.0 Å². The van der Waals surface area contributed by atoms with Crippen molar-refractivity contribution in [3.63, 3.8) is 0 Å². The van der Waals surface area contributed by atoms with Crippen LogP contribution in [-0.2, 0) is 17.6 Å². The summed E-state index contributed by atoms with van der Waals surface area (Å²) in [4.78, 5) is 11.4. The van der Waals surface area contributed by atoms with E-state index in [1.807, 2.05) is 0 Å². The maximum absolute atomic E-state index is 10.3. The second kappa shape index (κ2) is 5.21. The van der Waals surface area contributed by atoms with Crippen LogP contribution in [0.5, 0.6) is 0 Å². The van der Waals surface area contributed by atoms with Crippen LogP contribution in [0.15, 0.2) is 34.6 Å². The van der Waals surface area contributed by atoms with Crippen LogP contribution in [0.3, 0.4) is 0 Å². The fraction of sp³-hybridized carbons (Fsp3) is 0.308. The Hall–Kier alpha value is -1.22. The number of aliphatic carboxylic acids is 1. The normalized spacial score (nSPS) is 15.0. The minimum Gasteiger partial charge on any atom is -0.478 e. The molecule has 0 saturated heterocycles. The highest BCUT2D eigenvalue weighted by Gasteiger charge is 2.08. The molecule has 84 valence electrons. The second-order valence-corrected chi connectivity index (χ2v) is 4.88. The van der Waals surface area contributed by atoms with Gasteiger partial charge in [-0.05, 0) is 54.4 Å². The Morgan fingerprint density at radius 1 is 1.25 bits per heavy atom.